The van der Waals surface area contributed by atoms with Crippen LogP contribution in [0, 0.1) is 0 Å². The van der Waals surface area contributed by atoms with E-state index in [1.165, 1.54) is 0 Å². The highest BCUT2D eigenvalue weighted by atomic mass is 19.1. The smallest absolute Gasteiger partial charge is 0.134 e. The first-order chi connectivity index (χ1) is 6.33. The topological polar surface area (TPSA) is 48.8 Å². The molecule has 1 aliphatic carbocycles. The molecule has 0 spiro atoms. The van der Waals surface area contributed by atoms with Gasteiger partial charge < -0.3 is 0 Å². The Labute approximate surface area is 74.8 Å². The normalized spacial score (nSPS) is 25.0. The average molecular weight is 177 g/mol. The number of rotatable bonds is 1. The summed E-state index contributed by atoms with van der Waals surface area (Å²) >= 11 is 0. The van der Waals surface area contributed by atoms with Gasteiger partial charge in [-0.15, -0.1) is 0 Å². The monoisotopic (exact) mass is 177 g/mol. The summed E-state index contributed by atoms with van der Waals surface area (Å²) in [5, 5.41) is 3.42. The Morgan fingerprint density at radius 3 is 2.92 bits per heavy atom. The second-order valence-electron chi connectivity index (χ2n) is 3.08. The van der Waals surface area contributed by atoms with Crippen LogP contribution in [-0.2, 0) is 6.42 Å². The molecule has 1 aromatic carbocycles. The van der Waals surface area contributed by atoms with Gasteiger partial charge in [0.15, 0.2) is 0 Å². The van der Waals surface area contributed by atoms with E-state index < -0.39 is 12.2 Å². The third-order valence-corrected chi connectivity index (χ3v) is 2.32. The van der Waals surface area contributed by atoms with Gasteiger partial charge >= 0.3 is 0 Å². The van der Waals surface area contributed by atoms with E-state index in [1.807, 2.05) is 12.1 Å². The van der Waals surface area contributed by atoms with E-state index in [0.29, 0.717) is 12.0 Å². The van der Waals surface area contributed by atoms with E-state index in [2.05, 4.69) is 10.0 Å². The molecule has 4 heteroatoms. The van der Waals surface area contributed by atoms with Crippen molar-refractivity contribution >= 4 is 0 Å². The maximum Gasteiger partial charge on any atom is 0.134 e. The van der Waals surface area contributed by atoms with Crippen LogP contribution in [0.5, 0.6) is 0 Å². The summed E-state index contributed by atoms with van der Waals surface area (Å²) in [4.78, 5) is 2.64. The van der Waals surface area contributed by atoms with E-state index >= 15 is 0 Å². The highest BCUT2D eigenvalue weighted by Gasteiger charge is 2.31. The molecule has 1 aromatic rings. The SMILES string of the molecule is [N-]=[N+]=N[C@@H]1Cc2ccccc2[C@H]1F. The van der Waals surface area contributed by atoms with Gasteiger partial charge in [-0.05, 0) is 23.1 Å². The lowest BCUT2D eigenvalue weighted by Gasteiger charge is -2.04. The van der Waals surface area contributed by atoms with Crippen molar-refractivity contribution in [3.8, 4) is 0 Å². The van der Waals surface area contributed by atoms with Crippen molar-refractivity contribution in [3.63, 3.8) is 0 Å². The molecule has 0 radical (unpaired) electrons. The van der Waals surface area contributed by atoms with Gasteiger partial charge in [0.1, 0.15) is 6.17 Å². The number of fused-ring (bicyclic) bond motifs is 1. The maximum absolute atomic E-state index is 13.5. The summed E-state index contributed by atoms with van der Waals surface area (Å²) in [6.45, 7) is 0. The zero-order chi connectivity index (χ0) is 9.26. The standard InChI is InChI=1S/C9H8FN3/c10-9-7-4-2-1-3-6(7)5-8(9)12-13-11/h1-4,8-9H,5H2/t8-,9-/m1/s1. The van der Waals surface area contributed by atoms with Gasteiger partial charge in [0.2, 0.25) is 0 Å². The number of alkyl halides is 1. The third-order valence-electron chi connectivity index (χ3n) is 2.32. The second kappa shape index (κ2) is 3.07. The van der Waals surface area contributed by atoms with Crippen LogP contribution in [0.1, 0.15) is 17.3 Å². The zero-order valence-corrected chi connectivity index (χ0v) is 6.89. The van der Waals surface area contributed by atoms with Crippen molar-refractivity contribution in [1.29, 1.82) is 0 Å². The van der Waals surface area contributed by atoms with Gasteiger partial charge in [0, 0.05) is 4.91 Å². The third kappa shape index (κ3) is 1.25. The predicted octanol–water partition coefficient (Wildman–Crippen LogP) is 2.93. The van der Waals surface area contributed by atoms with Crippen molar-refractivity contribution < 1.29 is 4.39 Å². The molecule has 0 fully saturated rings. The van der Waals surface area contributed by atoms with E-state index in [1.54, 1.807) is 12.1 Å². The number of nitrogens with zero attached hydrogens (tertiary/aromatic N) is 3. The lowest BCUT2D eigenvalue weighted by Crippen LogP contribution is -2.05. The van der Waals surface area contributed by atoms with Crippen LogP contribution >= 0.6 is 0 Å². The van der Waals surface area contributed by atoms with Crippen LogP contribution < -0.4 is 0 Å². The van der Waals surface area contributed by atoms with Crippen LogP contribution in [0.4, 0.5) is 4.39 Å². The molecule has 66 valence electrons. The first kappa shape index (κ1) is 8.08. The highest BCUT2D eigenvalue weighted by molar-refractivity contribution is 5.35. The summed E-state index contributed by atoms with van der Waals surface area (Å²) in [5.74, 6) is 0. The number of hydrogen-bond donors (Lipinski definition) is 0. The Bertz CT molecular complexity index is 371. The van der Waals surface area contributed by atoms with Crippen molar-refractivity contribution in [2.45, 2.75) is 18.6 Å². The predicted molar refractivity (Wildman–Crippen MR) is 46.9 cm³/mol. The molecule has 13 heavy (non-hydrogen) atoms. The fourth-order valence-electron chi connectivity index (χ4n) is 1.69. The Morgan fingerprint density at radius 1 is 1.46 bits per heavy atom. The lowest BCUT2D eigenvalue weighted by atomic mass is 10.1. The van der Waals surface area contributed by atoms with Gasteiger partial charge in [0.25, 0.3) is 0 Å². The van der Waals surface area contributed by atoms with Gasteiger partial charge in [-0.25, -0.2) is 4.39 Å². The van der Waals surface area contributed by atoms with Crippen molar-refractivity contribution in [2.24, 2.45) is 5.11 Å². The highest BCUT2D eigenvalue weighted by Crippen LogP contribution is 2.35. The van der Waals surface area contributed by atoms with E-state index in [0.717, 1.165) is 5.56 Å². The van der Waals surface area contributed by atoms with Crippen LogP contribution in [-0.4, -0.2) is 6.04 Å². The molecule has 0 saturated heterocycles. The molecule has 0 aliphatic heterocycles. The molecular weight excluding hydrogens is 169 g/mol. The van der Waals surface area contributed by atoms with Gasteiger partial charge in [-0.1, -0.05) is 29.4 Å². The lowest BCUT2D eigenvalue weighted by molar-refractivity contribution is 0.308. The minimum Gasteiger partial charge on any atom is -0.242 e. The van der Waals surface area contributed by atoms with Crippen LogP contribution in [0.15, 0.2) is 29.4 Å². The van der Waals surface area contributed by atoms with Crippen molar-refractivity contribution in [3.05, 3.63) is 45.8 Å². The number of benzene rings is 1. The second-order valence-corrected chi connectivity index (χ2v) is 3.08. The fraction of sp³-hybridized carbons (Fsp3) is 0.333. The van der Waals surface area contributed by atoms with Gasteiger partial charge in [-0.2, -0.15) is 0 Å². The summed E-state index contributed by atoms with van der Waals surface area (Å²) in [7, 11) is 0. The molecule has 0 aromatic heterocycles. The van der Waals surface area contributed by atoms with Crippen molar-refractivity contribution in [1.82, 2.24) is 0 Å². The minimum atomic E-state index is -1.13. The summed E-state index contributed by atoms with van der Waals surface area (Å²) < 4.78 is 13.5. The molecule has 0 amide bonds. The van der Waals surface area contributed by atoms with Crippen LogP contribution in [0.3, 0.4) is 0 Å². The Kier molecular flexibility index (Phi) is 1.91. The van der Waals surface area contributed by atoms with Crippen LogP contribution in [0.2, 0.25) is 0 Å². The molecule has 2 rings (SSSR count). The maximum atomic E-state index is 13.5. The number of azide groups is 1. The molecule has 0 bridgehead atoms. The molecule has 2 atom stereocenters. The van der Waals surface area contributed by atoms with Crippen LogP contribution in [0.25, 0.3) is 10.4 Å². The first-order valence-corrected chi connectivity index (χ1v) is 4.09. The first-order valence-electron chi connectivity index (χ1n) is 4.09. The Balaban J connectivity index is 2.37. The summed E-state index contributed by atoms with van der Waals surface area (Å²) in [6.07, 6.45) is -0.617. The van der Waals surface area contributed by atoms with Gasteiger partial charge in [0.05, 0.1) is 6.04 Å². The van der Waals surface area contributed by atoms with Crippen molar-refractivity contribution in [2.75, 3.05) is 0 Å². The molecule has 0 N–H and O–H groups in total. The molecular formula is C9H8FN3. The molecule has 0 saturated carbocycles. The number of halogens is 1. The van der Waals surface area contributed by atoms with Gasteiger partial charge in [-0.3, -0.25) is 0 Å². The van der Waals surface area contributed by atoms with E-state index in [9.17, 15) is 4.39 Å². The number of hydrogen-bond acceptors (Lipinski definition) is 1. The Morgan fingerprint density at radius 2 is 2.23 bits per heavy atom. The largest absolute Gasteiger partial charge is 0.242 e. The average Bonchev–Trinajstić information content (AvgIpc) is 2.46. The molecule has 1 aliphatic rings. The molecule has 3 nitrogen and oxygen atoms in total. The Hall–Kier alpha value is -1.54. The fourth-order valence-corrected chi connectivity index (χ4v) is 1.69. The summed E-state index contributed by atoms with van der Waals surface area (Å²) in [6, 6.07) is 6.72. The zero-order valence-electron chi connectivity index (χ0n) is 6.89. The molecule has 0 heterocycles. The summed E-state index contributed by atoms with van der Waals surface area (Å²) in [5.41, 5.74) is 9.83. The van der Waals surface area contributed by atoms with E-state index in [-0.39, 0.29) is 0 Å². The minimum absolute atomic E-state index is 0.515. The van der Waals surface area contributed by atoms with E-state index in [4.69, 9.17) is 5.53 Å². The molecule has 0 unspecified atom stereocenters. The quantitative estimate of drug-likeness (QED) is 0.360.